The number of rotatable bonds is 2. The maximum atomic E-state index is 13.2. The van der Waals surface area contributed by atoms with Crippen LogP contribution in [0.25, 0.3) is 0 Å². The molecule has 2 heterocycles. The summed E-state index contributed by atoms with van der Waals surface area (Å²) in [6.07, 6.45) is -5.56. The van der Waals surface area contributed by atoms with Gasteiger partial charge in [-0.15, -0.1) is 10.2 Å². The third-order valence-corrected chi connectivity index (χ3v) is 3.87. The summed E-state index contributed by atoms with van der Waals surface area (Å²) in [5, 5.41) is 16.9. The number of carbonyl (C=O) groups is 1. The van der Waals surface area contributed by atoms with E-state index in [1.165, 1.54) is 35.0 Å². The molecule has 0 unspecified atom stereocenters. The number of hydrogen-bond donors (Lipinski definition) is 1. The molecule has 1 aromatic heterocycles. The number of benzene rings is 1. The number of fused-ring (bicyclic) bond motifs is 1. The summed E-state index contributed by atoms with van der Waals surface area (Å²) in [5.41, 5.74) is -0.811. The Kier molecular flexibility index (Phi) is 3.82. The molecular weight excluding hydrogens is 327 g/mol. The molecule has 2 aromatic rings. The predicted molar refractivity (Wildman–Crippen MR) is 78.0 cm³/mol. The van der Waals surface area contributed by atoms with Crippen LogP contribution in [-0.2, 0) is 19.3 Å². The Morgan fingerprint density at radius 3 is 2.62 bits per heavy atom. The molecule has 0 bridgehead atoms. The van der Waals surface area contributed by atoms with Crippen molar-refractivity contribution in [2.45, 2.75) is 19.3 Å². The molecule has 0 saturated heterocycles. The number of aromatic nitrogens is 3. The lowest BCUT2D eigenvalue weighted by Gasteiger charge is -2.28. The van der Waals surface area contributed by atoms with Crippen LogP contribution in [-0.4, -0.2) is 44.5 Å². The zero-order valence-electron chi connectivity index (χ0n) is 12.7. The number of anilines is 2. The first-order valence-electron chi connectivity index (χ1n) is 7.09. The molecule has 1 N–H and O–H groups in total. The summed E-state index contributed by atoms with van der Waals surface area (Å²) in [4.78, 5) is 13.5. The van der Waals surface area contributed by atoms with Crippen molar-refractivity contribution in [1.29, 1.82) is 0 Å². The SMILES string of the molecule is CN(c1ccccc1C(F)(F)F)c1nnc2n1CCN(C(=O)O)C2. The van der Waals surface area contributed by atoms with E-state index in [0.717, 1.165) is 6.07 Å². The molecule has 24 heavy (non-hydrogen) atoms. The quantitative estimate of drug-likeness (QED) is 0.909. The molecule has 7 nitrogen and oxygen atoms in total. The lowest BCUT2D eigenvalue weighted by atomic mass is 10.1. The van der Waals surface area contributed by atoms with Crippen LogP contribution in [0.2, 0.25) is 0 Å². The van der Waals surface area contributed by atoms with E-state index in [0.29, 0.717) is 5.82 Å². The van der Waals surface area contributed by atoms with Crippen LogP contribution < -0.4 is 4.90 Å². The van der Waals surface area contributed by atoms with Gasteiger partial charge in [-0.25, -0.2) is 4.79 Å². The Balaban J connectivity index is 1.96. The molecule has 0 fully saturated rings. The minimum atomic E-state index is -4.49. The van der Waals surface area contributed by atoms with Crippen LogP contribution in [0.3, 0.4) is 0 Å². The van der Waals surface area contributed by atoms with Crippen LogP contribution in [0.1, 0.15) is 11.4 Å². The maximum Gasteiger partial charge on any atom is 0.418 e. The van der Waals surface area contributed by atoms with Gasteiger partial charge in [-0.05, 0) is 12.1 Å². The van der Waals surface area contributed by atoms with Crippen molar-refractivity contribution >= 4 is 17.7 Å². The van der Waals surface area contributed by atoms with Gasteiger partial charge in [-0.3, -0.25) is 9.47 Å². The van der Waals surface area contributed by atoms with Gasteiger partial charge in [0.1, 0.15) is 0 Å². The number of alkyl halides is 3. The number of halogens is 3. The molecule has 3 rings (SSSR count). The summed E-state index contributed by atoms with van der Waals surface area (Å²) in [6.45, 7) is 0.557. The molecule has 0 radical (unpaired) electrons. The standard InChI is InChI=1S/C14H14F3N5O2/c1-20(10-5-3-2-4-9(10)14(15,16)17)12-19-18-11-8-21(13(23)24)6-7-22(11)12/h2-5H,6-8H2,1H3,(H,23,24). The monoisotopic (exact) mass is 341 g/mol. The van der Waals surface area contributed by atoms with Crippen LogP contribution in [0.5, 0.6) is 0 Å². The van der Waals surface area contributed by atoms with Crippen molar-refractivity contribution in [3.05, 3.63) is 35.7 Å². The average molecular weight is 341 g/mol. The second kappa shape index (κ2) is 5.69. The van der Waals surface area contributed by atoms with Crippen molar-refractivity contribution in [1.82, 2.24) is 19.7 Å². The van der Waals surface area contributed by atoms with Crippen LogP contribution >= 0.6 is 0 Å². The minimum absolute atomic E-state index is 0.0409. The zero-order valence-corrected chi connectivity index (χ0v) is 12.7. The van der Waals surface area contributed by atoms with E-state index in [1.54, 1.807) is 4.57 Å². The second-order valence-corrected chi connectivity index (χ2v) is 5.35. The van der Waals surface area contributed by atoms with Gasteiger partial charge in [0, 0.05) is 20.1 Å². The first kappa shape index (κ1) is 16.1. The summed E-state index contributed by atoms with van der Waals surface area (Å²) in [5.74, 6) is 0.640. The average Bonchev–Trinajstić information content (AvgIpc) is 2.96. The molecule has 128 valence electrons. The lowest BCUT2D eigenvalue weighted by molar-refractivity contribution is -0.137. The van der Waals surface area contributed by atoms with Crippen LogP contribution in [0.4, 0.5) is 29.6 Å². The van der Waals surface area contributed by atoms with Gasteiger partial charge in [0.15, 0.2) is 5.82 Å². The number of amides is 1. The van der Waals surface area contributed by atoms with Gasteiger partial charge in [-0.2, -0.15) is 13.2 Å². The van der Waals surface area contributed by atoms with E-state index in [2.05, 4.69) is 10.2 Å². The van der Waals surface area contributed by atoms with Crippen molar-refractivity contribution in [3.8, 4) is 0 Å². The van der Waals surface area contributed by atoms with Gasteiger partial charge < -0.3 is 10.0 Å². The Morgan fingerprint density at radius 1 is 1.25 bits per heavy atom. The van der Waals surface area contributed by atoms with Gasteiger partial charge >= 0.3 is 12.3 Å². The first-order chi connectivity index (χ1) is 11.3. The molecule has 1 aliphatic rings. The fraction of sp³-hybridized carbons (Fsp3) is 0.357. The zero-order chi connectivity index (χ0) is 17.5. The smallest absolute Gasteiger partial charge is 0.418 e. The fourth-order valence-electron chi connectivity index (χ4n) is 2.67. The largest absolute Gasteiger partial charge is 0.465 e. The normalized spacial score (nSPS) is 14.4. The molecule has 1 aliphatic heterocycles. The van der Waals surface area contributed by atoms with E-state index in [-0.39, 0.29) is 31.3 Å². The molecule has 0 spiro atoms. The second-order valence-electron chi connectivity index (χ2n) is 5.35. The van der Waals surface area contributed by atoms with Crippen molar-refractivity contribution in [2.75, 3.05) is 18.5 Å². The van der Waals surface area contributed by atoms with E-state index < -0.39 is 17.8 Å². The number of carboxylic acid groups (broad SMARTS) is 1. The lowest BCUT2D eigenvalue weighted by Crippen LogP contribution is -2.38. The first-order valence-corrected chi connectivity index (χ1v) is 7.09. The molecule has 0 atom stereocenters. The number of para-hydroxylation sites is 1. The predicted octanol–water partition coefficient (Wildman–Crippen LogP) is 2.56. The third kappa shape index (κ3) is 2.74. The molecule has 0 saturated carbocycles. The summed E-state index contributed by atoms with van der Waals surface area (Å²) in [6, 6.07) is 5.20. The van der Waals surface area contributed by atoms with Gasteiger partial charge in [0.25, 0.3) is 0 Å². The van der Waals surface area contributed by atoms with Gasteiger partial charge in [0.05, 0.1) is 17.8 Å². The van der Waals surface area contributed by atoms with E-state index in [4.69, 9.17) is 5.11 Å². The Labute approximate surface area is 134 Å². The fourth-order valence-corrected chi connectivity index (χ4v) is 2.67. The highest BCUT2D eigenvalue weighted by atomic mass is 19.4. The molecule has 0 aliphatic carbocycles. The maximum absolute atomic E-state index is 13.2. The van der Waals surface area contributed by atoms with E-state index >= 15 is 0 Å². The molecule has 10 heteroatoms. The Morgan fingerprint density at radius 2 is 1.96 bits per heavy atom. The summed E-state index contributed by atoms with van der Waals surface area (Å²) in [7, 11) is 1.48. The highest BCUT2D eigenvalue weighted by Crippen LogP contribution is 2.38. The van der Waals surface area contributed by atoms with E-state index in [9.17, 15) is 18.0 Å². The number of nitrogens with zero attached hydrogens (tertiary/aromatic N) is 5. The van der Waals surface area contributed by atoms with Gasteiger partial charge in [0.2, 0.25) is 5.95 Å². The van der Waals surface area contributed by atoms with Gasteiger partial charge in [-0.1, -0.05) is 12.1 Å². The highest BCUT2D eigenvalue weighted by Gasteiger charge is 2.35. The van der Waals surface area contributed by atoms with Crippen molar-refractivity contribution in [2.24, 2.45) is 0 Å². The number of hydrogen-bond acceptors (Lipinski definition) is 4. The van der Waals surface area contributed by atoms with Crippen molar-refractivity contribution in [3.63, 3.8) is 0 Å². The summed E-state index contributed by atoms with van der Waals surface area (Å²) < 4.78 is 41.2. The topological polar surface area (TPSA) is 74.5 Å². The molecule has 1 amide bonds. The Hall–Kier alpha value is -2.78. The molecule has 1 aromatic carbocycles. The van der Waals surface area contributed by atoms with Crippen LogP contribution in [0, 0.1) is 0 Å². The Bertz CT molecular complexity index is 774. The summed E-state index contributed by atoms with van der Waals surface area (Å²) >= 11 is 0. The highest BCUT2D eigenvalue weighted by molar-refractivity contribution is 5.65. The molecular formula is C14H14F3N5O2. The van der Waals surface area contributed by atoms with Crippen molar-refractivity contribution < 1.29 is 23.1 Å². The van der Waals surface area contributed by atoms with Crippen LogP contribution in [0.15, 0.2) is 24.3 Å². The third-order valence-electron chi connectivity index (χ3n) is 3.87. The minimum Gasteiger partial charge on any atom is -0.465 e. The van der Waals surface area contributed by atoms with E-state index in [1.807, 2.05) is 0 Å².